The van der Waals surface area contributed by atoms with Crippen molar-refractivity contribution in [1.29, 1.82) is 0 Å². The summed E-state index contributed by atoms with van der Waals surface area (Å²) in [6.07, 6.45) is 73.7. The first-order chi connectivity index (χ1) is 36.0. The number of hydrogen-bond acceptors (Lipinski definition) is 8. The lowest BCUT2D eigenvalue weighted by Gasteiger charge is -2.28. The van der Waals surface area contributed by atoms with Crippen molar-refractivity contribution in [3.05, 3.63) is 85.1 Å². The van der Waals surface area contributed by atoms with Crippen LogP contribution in [-0.2, 0) is 32.7 Å². The third kappa shape index (κ3) is 58.5. The Hall–Kier alpha value is -2.81. The van der Waals surface area contributed by atoms with Gasteiger partial charge in [0.25, 0.3) is 7.82 Å². The molecule has 0 spiro atoms. The van der Waals surface area contributed by atoms with E-state index in [1.54, 1.807) is 0 Å². The third-order valence-corrected chi connectivity index (χ3v) is 13.9. The summed E-state index contributed by atoms with van der Waals surface area (Å²) in [5, 5.41) is 0. The number of rotatable bonds is 55. The summed E-state index contributed by atoms with van der Waals surface area (Å²) in [6, 6.07) is 0. The molecule has 9 nitrogen and oxygen atoms in total. The average molecular weight is 1060 g/mol. The van der Waals surface area contributed by atoms with E-state index in [2.05, 4.69) is 98.9 Å². The quantitative estimate of drug-likeness (QED) is 0.0195. The molecule has 0 rings (SSSR count). The molecule has 0 bridgehead atoms. The van der Waals surface area contributed by atoms with Gasteiger partial charge in [-0.2, -0.15) is 0 Å². The molecule has 2 unspecified atom stereocenters. The van der Waals surface area contributed by atoms with Crippen LogP contribution in [0.2, 0.25) is 0 Å². The van der Waals surface area contributed by atoms with Crippen LogP contribution in [0.3, 0.4) is 0 Å². The SMILES string of the molecule is CC/C=C\C/C=C\C/C=C\C/C=C\C/C=C\C/C=C\C/C=C\CCCCCCCCCCCCCCCCCCCC(=O)OC(COC(=O)CCCCCCCCCCCCC)COP(=O)([O-])OCC[N+](C)(C)C. The highest BCUT2D eigenvalue weighted by atomic mass is 31.2. The molecule has 0 heterocycles. The molecule has 0 aliphatic carbocycles. The van der Waals surface area contributed by atoms with E-state index in [1.807, 2.05) is 21.1 Å². The molecule has 0 aromatic rings. The summed E-state index contributed by atoms with van der Waals surface area (Å²) < 4.78 is 34.1. The standard InChI is InChI=1S/C64H114NO8P/c1-6-8-10-12-14-16-18-19-20-21-22-23-24-25-26-27-28-29-30-31-32-33-34-35-36-37-38-39-40-41-42-43-44-45-47-49-51-53-55-57-64(67)73-62(61-72-74(68,69)71-59-58-65(3,4)5)60-70-63(66)56-54-52-50-48-46-17-15-13-11-9-7-2/h8,10,14,16,19-20,22-23,25-26,28-29,31-32,62H,6-7,9,11-13,15,17-18,21,24,27,30,33-61H2,1-5H3/b10-8-,16-14-,20-19-,23-22-,26-25-,29-28-,32-31-. The fourth-order valence-corrected chi connectivity index (χ4v) is 9.01. The second-order valence-electron chi connectivity index (χ2n) is 21.3. The number of hydrogen-bond donors (Lipinski definition) is 0. The Balaban J connectivity index is 3.94. The molecule has 10 heteroatoms. The number of likely N-dealkylation sites (N-methyl/N-ethyl adjacent to an activating group) is 1. The van der Waals surface area contributed by atoms with Gasteiger partial charge in [-0.3, -0.25) is 14.2 Å². The van der Waals surface area contributed by atoms with Gasteiger partial charge < -0.3 is 27.9 Å². The Labute approximate surface area is 456 Å². The molecule has 0 saturated heterocycles. The molecule has 0 N–H and O–H groups in total. The summed E-state index contributed by atoms with van der Waals surface area (Å²) in [7, 11) is 1.17. The van der Waals surface area contributed by atoms with Gasteiger partial charge >= 0.3 is 11.9 Å². The van der Waals surface area contributed by atoms with Gasteiger partial charge in [-0.25, -0.2) is 0 Å². The van der Waals surface area contributed by atoms with E-state index < -0.39 is 26.5 Å². The zero-order valence-electron chi connectivity index (χ0n) is 48.5. The molecule has 74 heavy (non-hydrogen) atoms. The number of allylic oxidation sites excluding steroid dienone is 14. The van der Waals surface area contributed by atoms with Gasteiger partial charge in [-0.05, 0) is 70.6 Å². The maximum absolute atomic E-state index is 12.8. The molecule has 0 aromatic carbocycles. The number of unbranched alkanes of at least 4 members (excludes halogenated alkanes) is 27. The van der Waals surface area contributed by atoms with Crippen molar-refractivity contribution in [3.63, 3.8) is 0 Å². The van der Waals surface area contributed by atoms with Gasteiger partial charge in [0.2, 0.25) is 0 Å². The number of nitrogens with zero attached hydrogens (tertiary/aromatic N) is 1. The van der Waals surface area contributed by atoms with Crippen molar-refractivity contribution in [1.82, 2.24) is 0 Å². The number of ether oxygens (including phenoxy) is 2. The van der Waals surface area contributed by atoms with Crippen molar-refractivity contribution in [2.24, 2.45) is 0 Å². The molecule has 0 fully saturated rings. The predicted octanol–water partition coefficient (Wildman–Crippen LogP) is 18.4. The minimum absolute atomic E-state index is 0.0307. The molecular formula is C64H114NO8P. The fourth-order valence-electron chi connectivity index (χ4n) is 8.28. The number of phosphoric acid groups is 1. The highest BCUT2D eigenvalue weighted by Crippen LogP contribution is 2.38. The van der Waals surface area contributed by atoms with Crippen LogP contribution < -0.4 is 4.89 Å². The lowest BCUT2D eigenvalue weighted by atomic mass is 10.0. The van der Waals surface area contributed by atoms with E-state index in [0.717, 1.165) is 83.5 Å². The lowest BCUT2D eigenvalue weighted by molar-refractivity contribution is -0.870. The first-order valence-corrected chi connectivity index (χ1v) is 31.8. The zero-order valence-corrected chi connectivity index (χ0v) is 49.4. The molecule has 0 aliphatic rings. The predicted molar refractivity (Wildman–Crippen MR) is 314 cm³/mol. The number of phosphoric ester groups is 1. The zero-order chi connectivity index (χ0) is 54.2. The van der Waals surface area contributed by atoms with E-state index in [0.29, 0.717) is 17.4 Å². The summed E-state index contributed by atoms with van der Waals surface area (Å²) in [5.74, 6) is -0.828. The number of quaternary nitrogens is 1. The van der Waals surface area contributed by atoms with E-state index in [9.17, 15) is 19.0 Å². The number of carbonyl (C=O) groups excluding carboxylic acids is 2. The van der Waals surface area contributed by atoms with Gasteiger partial charge in [-0.1, -0.05) is 259 Å². The second-order valence-corrected chi connectivity index (χ2v) is 22.8. The van der Waals surface area contributed by atoms with Crippen molar-refractivity contribution in [2.45, 2.75) is 264 Å². The molecule has 0 radical (unpaired) electrons. The van der Waals surface area contributed by atoms with Crippen LogP contribution in [0, 0.1) is 0 Å². The van der Waals surface area contributed by atoms with E-state index in [4.69, 9.17) is 18.5 Å². The highest BCUT2D eigenvalue weighted by Gasteiger charge is 2.22. The van der Waals surface area contributed by atoms with Crippen molar-refractivity contribution < 1.29 is 42.1 Å². The van der Waals surface area contributed by atoms with Crippen LogP contribution in [0.15, 0.2) is 85.1 Å². The van der Waals surface area contributed by atoms with Crippen LogP contribution in [-0.4, -0.2) is 70.0 Å². The van der Waals surface area contributed by atoms with Crippen LogP contribution in [0.4, 0.5) is 0 Å². The molecule has 0 saturated carbocycles. The monoisotopic (exact) mass is 1060 g/mol. The van der Waals surface area contributed by atoms with Crippen molar-refractivity contribution >= 4 is 19.8 Å². The molecule has 0 aromatic heterocycles. The summed E-state index contributed by atoms with van der Waals surface area (Å²) >= 11 is 0. The molecule has 0 aliphatic heterocycles. The van der Waals surface area contributed by atoms with Crippen LogP contribution in [0.25, 0.3) is 0 Å². The van der Waals surface area contributed by atoms with Gasteiger partial charge in [0.15, 0.2) is 6.10 Å². The van der Waals surface area contributed by atoms with Crippen molar-refractivity contribution in [3.8, 4) is 0 Å². The smallest absolute Gasteiger partial charge is 0.306 e. The minimum atomic E-state index is -4.63. The normalized spacial score (nSPS) is 13.9. The second kappa shape index (κ2) is 55.0. The minimum Gasteiger partial charge on any atom is -0.756 e. The summed E-state index contributed by atoms with van der Waals surface area (Å²) in [4.78, 5) is 37.7. The van der Waals surface area contributed by atoms with Crippen LogP contribution in [0.5, 0.6) is 0 Å². The Morgan fingerprint density at radius 3 is 1.15 bits per heavy atom. The van der Waals surface area contributed by atoms with E-state index in [-0.39, 0.29) is 32.0 Å². The van der Waals surface area contributed by atoms with E-state index >= 15 is 0 Å². The first-order valence-electron chi connectivity index (χ1n) is 30.3. The molecule has 428 valence electrons. The van der Waals surface area contributed by atoms with Gasteiger partial charge in [0, 0.05) is 12.8 Å². The Kier molecular flexibility index (Phi) is 52.9. The van der Waals surface area contributed by atoms with Crippen LogP contribution in [0.1, 0.15) is 258 Å². The van der Waals surface area contributed by atoms with Gasteiger partial charge in [0.05, 0.1) is 27.7 Å². The Morgan fingerprint density at radius 2 is 0.770 bits per heavy atom. The summed E-state index contributed by atoms with van der Waals surface area (Å²) in [5.41, 5.74) is 0. The van der Waals surface area contributed by atoms with Crippen molar-refractivity contribution in [2.75, 3.05) is 47.5 Å². The highest BCUT2D eigenvalue weighted by molar-refractivity contribution is 7.45. The Morgan fingerprint density at radius 1 is 0.432 bits per heavy atom. The molecule has 2 atom stereocenters. The lowest BCUT2D eigenvalue weighted by Crippen LogP contribution is -2.37. The topological polar surface area (TPSA) is 111 Å². The third-order valence-electron chi connectivity index (χ3n) is 12.9. The van der Waals surface area contributed by atoms with Crippen LogP contribution >= 0.6 is 7.82 Å². The number of carbonyl (C=O) groups is 2. The largest absolute Gasteiger partial charge is 0.756 e. The first kappa shape index (κ1) is 71.2. The maximum Gasteiger partial charge on any atom is 0.306 e. The maximum atomic E-state index is 12.8. The molecular weight excluding hydrogens is 942 g/mol. The van der Waals surface area contributed by atoms with Gasteiger partial charge in [0.1, 0.15) is 19.8 Å². The van der Waals surface area contributed by atoms with Gasteiger partial charge in [-0.15, -0.1) is 0 Å². The van der Waals surface area contributed by atoms with E-state index in [1.165, 1.54) is 141 Å². The fraction of sp³-hybridized carbons (Fsp3) is 0.750. The number of esters is 2. The Bertz CT molecular complexity index is 1520. The average Bonchev–Trinajstić information content (AvgIpc) is 3.36. The summed E-state index contributed by atoms with van der Waals surface area (Å²) in [6.45, 7) is 4.12. The molecule has 0 amide bonds.